The summed E-state index contributed by atoms with van der Waals surface area (Å²) in [6.45, 7) is 11.5. The SMILES string of the molecule is CCNC(=NCc1sc(C)nc1C)NC1CCN(CC2CCCC2)C1. The molecule has 2 heterocycles. The van der Waals surface area contributed by atoms with Crippen molar-refractivity contribution in [2.24, 2.45) is 10.9 Å². The third-order valence-electron chi connectivity index (χ3n) is 5.33. The smallest absolute Gasteiger partial charge is 0.191 e. The Kier molecular flexibility index (Phi) is 6.70. The lowest BCUT2D eigenvalue weighted by atomic mass is 10.1. The highest BCUT2D eigenvalue weighted by Crippen LogP contribution is 2.26. The van der Waals surface area contributed by atoms with Crippen LogP contribution in [0, 0.1) is 19.8 Å². The van der Waals surface area contributed by atoms with E-state index in [-0.39, 0.29) is 0 Å². The minimum absolute atomic E-state index is 0.517. The first kappa shape index (κ1) is 18.6. The van der Waals surface area contributed by atoms with E-state index in [0.29, 0.717) is 12.6 Å². The molecular formula is C19H33N5S. The first-order valence-electron chi connectivity index (χ1n) is 9.84. The molecule has 2 fully saturated rings. The minimum Gasteiger partial charge on any atom is -0.357 e. The summed E-state index contributed by atoms with van der Waals surface area (Å²) in [5, 5.41) is 8.17. The van der Waals surface area contributed by atoms with Gasteiger partial charge in [-0.05, 0) is 46.0 Å². The number of nitrogens with one attached hydrogen (secondary N) is 2. The minimum atomic E-state index is 0.517. The number of guanidine groups is 1. The zero-order valence-corrected chi connectivity index (χ0v) is 16.8. The first-order valence-corrected chi connectivity index (χ1v) is 10.7. The molecule has 1 atom stereocenters. The van der Waals surface area contributed by atoms with Crippen LogP contribution in [0.5, 0.6) is 0 Å². The maximum Gasteiger partial charge on any atom is 0.191 e. The zero-order valence-electron chi connectivity index (χ0n) is 16.0. The number of thiazole rings is 1. The van der Waals surface area contributed by atoms with Crippen molar-refractivity contribution < 1.29 is 0 Å². The van der Waals surface area contributed by atoms with Gasteiger partial charge in [0.2, 0.25) is 0 Å². The Morgan fingerprint density at radius 2 is 2.08 bits per heavy atom. The predicted molar refractivity (Wildman–Crippen MR) is 106 cm³/mol. The molecule has 6 heteroatoms. The summed E-state index contributed by atoms with van der Waals surface area (Å²) < 4.78 is 0. The van der Waals surface area contributed by atoms with Crippen LogP contribution in [-0.2, 0) is 6.54 Å². The Balaban J connectivity index is 1.51. The molecule has 0 bridgehead atoms. The van der Waals surface area contributed by atoms with Gasteiger partial charge in [0, 0.05) is 37.1 Å². The molecule has 2 N–H and O–H groups in total. The molecule has 1 saturated heterocycles. The molecule has 1 aliphatic carbocycles. The Labute approximate surface area is 156 Å². The molecule has 0 radical (unpaired) electrons. The molecule has 0 aromatic carbocycles. The third kappa shape index (κ3) is 5.42. The van der Waals surface area contributed by atoms with Crippen molar-refractivity contribution >= 4 is 17.3 Å². The highest BCUT2D eigenvalue weighted by atomic mass is 32.1. The van der Waals surface area contributed by atoms with Gasteiger partial charge in [-0.15, -0.1) is 11.3 Å². The standard InChI is InChI=1S/C19H33N5S/c1-4-20-19(21-11-18-14(2)22-15(3)25-18)23-17-9-10-24(13-17)12-16-7-5-6-8-16/h16-17H,4-13H2,1-3H3,(H2,20,21,23). The third-order valence-corrected chi connectivity index (χ3v) is 6.39. The molecule has 2 aliphatic rings. The van der Waals surface area contributed by atoms with Gasteiger partial charge in [0.25, 0.3) is 0 Å². The summed E-state index contributed by atoms with van der Waals surface area (Å²) in [7, 11) is 0. The zero-order chi connectivity index (χ0) is 17.6. The van der Waals surface area contributed by atoms with Gasteiger partial charge in [0.15, 0.2) is 5.96 Å². The monoisotopic (exact) mass is 363 g/mol. The fourth-order valence-electron chi connectivity index (χ4n) is 4.06. The number of likely N-dealkylation sites (tertiary alicyclic amines) is 1. The van der Waals surface area contributed by atoms with E-state index in [4.69, 9.17) is 4.99 Å². The van der Waals surface area contributed by atoms with Crippen LogP contribution in [0.15, 0.2) is 4.99 Å². The number of aliphatic imine (C=N–C) groups is 1. The van der Waals surface area contributed by atoms with Crippen LogP contribution in [0.3, 0.4) is 0 Å². The topological polar surface area (TPSA) is 52.6 Å². The Morgan fingerprint density at radius 1 is 1.28 bits per heavy atom. The van der Waals surface area contributed by atoms with Crippen molar-refractivity contribution in [2.75, 3.05) is 26.2 Å². The van der Waals surface area contributed by atoms with Crippen LogP contribution in [0.1, 0.15) is 54.6 Å². The lowest BCUT2D eigenvalue weighted by Crippen LogP contribution is -2.44. The van der Waals surface area contributed by atoms with Crippen LogP contribution >= 0.6 is 11.3 Å². The molecule has 0 amide bonds. The number of nitrogens with zero attached hydrogens (tertiary/aromatic N) is 3. The number of aryl methyl sites for hydroxylation is 2. The van der Waals surface area contributed by atoms with E-state index in [1.54, 1.807) is 11.3 Å². The van der Waals surface area contributed by atoms with Crippen molar-refractivity contribution in [1.82, 2.24) is 20.5 Å². The van der Waals surface area contributed by atoms with Crippen LogP contribution < -0.4 is 10.6 Å². The molecule has 25 heavy (non-hydrogen) atoms. The lowest BCUT2D eigenvalue weighted by Gasteiger charge is -2.21. The van der Waals surface area contributed by atoms with Gasteiger partial charge in [-0.25, -0.2) is 9.98 Å². The highest BCUT2D eigenvalue weighted by molar-refractivity contribution is 7.11. The van der Waals surface area contributed by atoms with Crippen molar-refractivity contribution in [3.63, 3.8) is 0 Å². The molecule has 1 saturated carbocycles. The molecule has 3 rings (SSSR count). The first-order chi connectivity index (χ1) is 12.1. The van der Waals surface area contributed by atoms with E-state index in [0.717, 1.165) is 35.7 Å². The highest BCUT2D eigenvalue weighted by Gasteiger charge is 2.26. The largest absolute Gasteiger partial charge is 0.357 e. The molecule has 1 unspecified atom stereocenters. The Hall–Kier alpha value is -1.14. The van der Waals surface area contributed by atoms with Crippen LogP contribution in [0.2, 0.25) is 0 Å². The fraction of sp³-hybridized carbons (Fsp3) is 0.789. The Morgan fingerprint density at radius 3 is 2.76 bits per heavy atom. The summed E-state index contributed by atoms with van der Waals surface area (Å²) in [4.78, 5) is 13.2. The van der Waals surface area contributed by atoms with E-state index in [1.807, 2.05) is 0 Å². The average Bonchev–Trinajstić information content (AvgIpc) is 3.29. The molecule has 5 nitrogen and oxygen atoms in total. The second-order valence-electron chi connectivity index (χ2n) is 7.48. The van der Waals surface area contributed by atoms with Crippen molar-refractivity contribution in [2.45, 2.75) is 65.5 Å². The van der Waals surface area contributed by atoms with Gasteiger partial charge in [0.05, 0.1) is 17.2 Å². The molecule has 1 aliphatic heterocycles. The van der Waals surface area contributed by atoms with Gasteiger partial charge in [0.1, 0.15) is 0 Å². The number of aromatic nitrogens is 1. The van der Waals surface area contributed by atoms with Gasteiger partial charge in [-0.1, -0.05) is 12.8 Å². The van der Waals surface area contributed by atoms with Crippen molar-refractivity contribution in [1.29, 1.82) is 0 Å². The molecule has 0 spiro atoms. The molecule has 1 aromatic heterocycles. The van der Waals surface area contributed by atoms with Gasteiger partial charge in [-0.2, -0.15) is 0 Å². The van der Waals surface area contributed by atoms with E-state index in [1.165, 1.54) is 50.1 Å². The summed E-state index contributed by atoms with van der Waals surface area (Å²) in [5.41, 5.74) is 1.12. The molecule has 140 valence electrons. The predicted octanol–water partition coefficient (Wildman–Crippen LogP) is 3.08. The second kappa shape index (κ2) is 8.99. The fourth-order valence-corrected chi connectivity index (χ4v) is 4.92. The van der Waals surface area contributed by atoms with E-state index >= 15 is 0 Å². The normalized spacial score (nSPS) is 22.7. The van der Waals surface area contributed by atoms with Gasteiger partial charge < -0.3 is 15.5 Å². The van der Waals surface area contributed by atoms with E-state index < -0.39 is 0 Å². The second-order valence-corrected chi connectivity index (χ2v) is 8.76. The van der Waals surface area contributed by atoms with Gasteiger partial charge in [-0.3, -0.25) is 0 Å². The van der Waals surface area contributed by atoms with Crippen LogP contribution in [0.4, 0.5) is 0 Å². The summed E-state index contributed by atoms with van der Waals surface area (Å²) in [5.74, 6) is 1.89. The van der Waals surface area contributed by atoms with Crippen molar-refractivity contribution in [3.05, 3.63) is 15.6 Å². The van der Waals surface area contributed by atoms with Crippen LogP contribution in [0.25, 0.3) is 0 Å². The van der Waals surface area contributed by atoms with E-state index in [9.17, 15) is 0 Å². The van der Waals surface area contributed by atoms with E-state index in [2.05, 4.69) is 41.3 Å². The quantitative estimate of drug-likeness (QED) is 0.602. The summed E-state index contributed by atoms with van der Waals surface area (Å²) >= 11 is 1.75. The number of hydrogen-bond donors (Lipinski definition) is 2. The summed E-state index contributed by atoms with van der Waals surface area (Å²) in [6, 6.07) is 0.517. The molecule has 1 aromatic rings. The maximum atomic E-state index is 4.80. The molecular weight excluding hydrogens is 330 g/mol. The lowest BCUT2D eigenvalue weighted by molar-refractivity contribution is 0.275. The average molecular weight is 364 g/mol. The van der Waals surface area contributed by atoms with Crippen LogP contribution in [-0.4, -0.2) is 48.1 Å². The van der Waals surface area contributed by atoms with Crippen molar-refractivity contribution in [3.8, 4) is 0 Å². The number of rotatable bonds is 6. The summed E-state index contributed by atoms with van der Waals surface area (Å²) in [6.07, 6.45) is 6.97. The van der Waals surface area contributed by atoms with Gasteiger partial charge >= 0.3 is 0 Å². The Bertz CT molecular complexity index is 576. The maximum absolute atomic E-state index is 4.80. The number of hydrogen-bond acceptors (Lipinski definition) is 4.